The summed E-state index contributed by atoms with van der Waals surface area (Å²) in [4.78, 5) is 17.0. The molecule has 0 spiro atoms. The van der Waals surface area contributed by atoms with Crippen LogP contribution in [0.5, 0.6) is 0 Å². The van der Waals surface area contributed by atoms with Gasteiger partial charge in [-0.1, -0.05) is 11.8 Å². The van der Waals surface area contributed by atoms with E-state index in [-0.39, 0.29) is 5.24 Å². The number of nitrogen functional groups attached to an aromatic ring is 1. The molecule has 13 heavy (non-hydrogen) atoms. The van der Waals surface area contributed by atoms with Crippen molar-refractivity contribution < 1.29 is 4.79 Å². The van der Waals surface area contributed by atoms with E-state index in [2.05, 4.69) is 4.98 Å². The molecule has 0 aliphatic carbocycles. The lowest BCUT2D eigenvalue weighted by Gasteiger charge is -2.12. The van der Waals surface area contributed by atoms with E-state index in [1.54, 1.807) is 23.2 Å². The monoisotopic (exact) mass is 195 g/mol. The molecule has 68 valence electrons. The van der Waals surface area contributed by atoms with Crippen LogP contribution in [-0.2, 0) is 0 Å². The van der Waals surface area contributed by atoms with Crippen molar-refractivity contribution in [1.82, 2.24) is 4.98 Å². The third-order valence-electron chi connectivity index (χ3n) is 1.81. The van der Waals surface area contributed by atoms with E-state index in [0.717, 1.165) is 12.3 Å². The molecule has 2 rings (SSSR count). The highest BCUT2D eigenvalue weighted by atomic mass is 32.2. The molecule has 2 heterocycles. The van der Waals surface area contributed by atoms with Gasteiger partial charge in [0.25, 0.3) is 5.24 Å². The third-order valence-corrected chi connectivity index (χ3v) is 2.66. The minimum atomic E-state index is 0.0669. The van der Waals surface area contributed by atoms with Crippen molar-refractivity contribution in [3.63, 3.8) is 0 Å². The molecule has 0 unspecified atom stereocenters. The highest BCUT2D eigenvalue weighted by Gasteiger charge is 2.23. The number of hydrogen-bond donors (Lipinski definition) is 1. The number of thioether (sulfide) groups is 1. The Morgan fingerprint density at radius 3 is 2.92 bits per heavy atom. The number of pyridine rings is 1. The van der Waals surface area contributed by atoms with E-state index in [1.165, 1.54) is 11.8 Å². The molecular weight excluding hydrogens is 186 g/mol. The van der Waals surface area contributed by atoms with Crippen LogP contribution >= 0.6 is 11.8 Å². The molecule has 1 aromatic heterocycles. The van der Waals surface area contributed by atoms with Crippen molar-refractivity contribution in [3.05, 3.63) is 18.3 Å². The first-order chi connectivity index (χ1) is 6.27. The lowest BCUT2D eigenvalue weighted by molar-refractivity contribution is 0.266. The second-order valence-corrected chi connectivity index (χ2v) is 3.76. The minimum absolute atomic E-state index is 0.0669. The van der Waals surface area contributed by atoms with Crippen molar-refractivity contribution in [2.24, 2.45) is 0 Å². The smallest absolute Gasteiger partial charge is 0.287 e. The fraction of sp³-hybridized carbons (Fsp3) is 0.250. The molecule has 1 fully saturated rings. The Kier molecular flexibility index (Phi) is 2.10. The zero-order valence-electron chi connectivity index (χ0n) is 6.93. The minimum Gasteiger partial charge on any atom is -0.397 e. The Balaban J connectivity index is 2.25. The lowest BCUT2D eigenvalue weighted by atomic mass is 10.4. The van der Waals surface area contributed by atoms with Gasteiger partial charge in [-0.15, -0.1) is 0 Å². The van der Waals surface area contributed by atoms with E-state index in [9.17, 15) is 4.79 Å². The molecule has 5 heteroatoms. The first-order valence-electron chi connectivity index (χ1n) is 3.93. The molecular formula is C8H9N3OS. The number of carbonyl (C=O) groups is 1. The van der Waals surface area contributed by atoms with Gasteiger partial charge in [-0.25, -0.2) is 4.98 Å². The standard InChI is InChI=1S/C8H9N3OS/c9-6-1-2-7(10-5-6)11-3-4-13-8(11)12/h1-2,5H,3-4,9H2. The summed E-state index contributed by atoms with van der Waals surface area (Å²) < 4.78 is 0. The first-order valence-corrected chi connectivity index (χ1v) is 4.92. The summed E-state index contributed by atoms with van der Waals surface area (Å²) >= 11 is 1.32. The Morgan fingerprint density at radius 2 is 2.38 bits per heavy atom. The van der Waals surface area contributed by atoms with Crippen LogP contribution in [0.2, 0.25) is 0 Å². The average molecular weight is 195 g/mol. The largest absolute Gasteiger partial charge is 0.397 e. The van der Waals surface area contributed by atoms with Crippen LogP contribution in [0.3, 0.4) is 0 Å². The van der Waals surface area contributed by atoms with Gasteiger partial charge in [0.1, 0.15) is 5.82 Å². The predicted octanol–water partition coefficient (Wildman–Crippen LogP) is 1.34. The summed E-state index contributed by atoms with van der Waals surface area (Å²) in [5.41, 5.74) is 6.10. The first kappa shape index (κ1) is 8.37. The molecule has 0 atom stereocenters. The van der Waals surface area contributed by atoms with Gasteiger partial charge in [0, 0.05) is 12.3 Å². The number of anilines is 2. The second-order valence-electron chi connectivity index (χ2n) is 2.72. The quantitative estimate of drug-likeness (QED) is 0.734. The van der Waals surface area contributed by atoms with Gasteiger partial charge in [-0.2, -0.15) is 0 Å². The molecule has 0 bridgehead atoms. The van der Waals surface area contributed by atoms with Crippen molar-refractivity contribution in [2.45, 2.75) is 0 Å². The number of aromatic nitrogens is 1. The van der Waals surface area contributed by atoms with Gasteiger partial charge in [-0.05, 0) is 12.1 Å². The Morgan fingerprint density at radius 1 is 1.54 bits per heavy atom. The molecule has 1 aromatic rings. The zero-order chi connectivity index (χ0) is 9.26. The summed E-state index contributed by atoms with van der Waals surface area (Å²) in [5, 5.41) is 0.0669. The van der Waals surface area contributed by atoms with Gasteiger partial charge in [0.15, 0.2) is 0 Å². The van der Waals surface area contributed by atoms with Gasteiger partial charge < -0.3 is 5.73 Å². The highest BCUT2D eigenvalue weighted by Crippen LogP contribution is 2.23. The van der Waals surface area contributed by atoms with Crippen LogP contribution in [-0.4, -0.2) is 22.5 Å². The molecule has 1 aliphatic heterocycles. The average Bonchev–Trinajstić information content (AvgIpc) is 2.53. The molecule has 2 N–H and O–H groups in total. The van der Waals surface area contributed by atoms with Gasteiger partial charge in [-0.3, -0.25) is 9.69 Å². The second kappa shape index (κ2) is 3.26. The van der Waals surface area contributed by atoms with E-state index < -0.39 is 0 Å². The van der Waals surface area contributed by atoms with Crippen LogP contribution in [0.15, 0.2) is 18.3 Å². The maximum atomic E-state index is 11.3. The highest BCUT2D eigenvalue weighted by molar-refractivity contribution is 8.14. The van der Waals surface area contributed by atoms with E-state index >= 15 is 0 Å². The lowest BCUT2D eigenvalue weighted by Crippen LogP contribution is -2.23. The number of nitrogens with zero attached hydrogens (tertiary/aromatic N) is 2. The molecule has 1 aliphatic rings. The number of carbonyl (C=O) groups excluding carboxylic acids is 1. The van der Waals surface area contributed by atoms with Gasteiger partial charge >= 0.3 is 0 Å². The third kappa shape index (κ3) is 1.60. The molecule has 0 saturated carbocycles. The maximum Gasteiger partial charge on any atom is 0.287 e. The predicted molar refractivity (Wildman–Crippen MR) is 53.8 cm³/mol. The SMILES string of the molecule is Nc1ccc(N2CCSC2=O)nc1. The fourth-order valence-electron chi connectivity index (χ4n) is 1.16. The zero-order valence-corrected chi connectivity index (χ0v) is 7.75. The number of hydrogen-bond acceptors (Lipinski definition) is 4. The topological polar surface area (TPSA) is 59.2 Å². The van der Waals surface area contributed by atoms with E-state index in [0.29, 0.717) is 11.5 Å². The van der Waals surface area contributed by atoms with Crippen molar-refractivity contribution in [2.75, 3.05) is 22.9 Å². The molecule has 1 amide bonds. The summed E-state index contributed by atoms with van der Waals surface area (Å²) in [5.74, 6) is 1.52. The van der Waals surface area contributed by atoms with Crippen LogP contribution in [0.4, 0.5) is 16.3 Å². The Hall–Kier alpha value is -1.23. The van der Waals surface area contributed by atoms with Crippen molar-refractivity contribution in [3.8, 4) is 0 Å². The van der Waals surface area contributed by atoms with Crippen molar-refractivity contribution >= 4 is 28.5 Å². The van der Waals surface area contributed by atoms with Gasteiger partial charge in [0.2, 0.25) is 0 Å². The normalized spacial score (nSPS) is 16.6. The molecule has 0 aromatic carbocycles. The molecule has 1 saturated heterocycles. The van der Waals surface area contributed by atoms with Gasteiger partial charge in [0.05, 0.1) is 11.9 Å². The van der Waals surface area contributed by atoms with E-state index in [1.807, 2.05) is 0 Å². The van der Waals surface area contributed by atoms with E-state index in [4.69, 9.17) is 5.73 Å². The molecule has 0 radical (unpaired) electrons. The summed E-state index contributed by atoms with van der Waals surface area (Å²) in [6, 6.07) is 3.51. The van der Waals surface area contributed by atoms with Crippen LogP contribution < -0.4 is 10.6 Å². The Labute approximate surface area is 80.1 Å². The van der Waals surface area contributed by atoms with Crippen molar-refractivity contribution in [1.29, 1.82) is 0 Å². The number of nitrogens with two attached hydrogens (primary N) is 1. The maximum absolute atomic E-state index is 11.3. The van der Waals surface area contributed by atoms with Crippen LogP contribution in [0.25, 0.3) is 0 Å². The van der Waals surface area contributed by atoms with Crippen LogP contribution in [0, 0.1) is 0 Å². The molecule has 4 nitrogen and oxygen atoms in total. The fourth-order valence-corrected chi connectivity index (χ4v) is 1.95. The number of rotatable bonds is 1. The van der Waals surface area contributed by atoms with Crippen LogP contribution in [0.1, 0.15) is 0 Å². The summed E-state index contributed by atoms with van der Waals surface area (Å²) in [6.45, 7) is 0.737. The summed E-state index contributed by atoms with van der Waals surface area (Å²) in [7, 11) is 0. The summed E-state index contributed by atoms with van der Waals surface area (Å²) in [6.07, 6.45) is 1.56. The number of amides is 1. The Bertz CT molecular complexity index is 325.